The van der Waals surface area contributed by atoms with Gasteiger partial charge >= 0.3 is 5.97 Å². The maximum Gasteiger partial charge on any atom is 0.354 e. The molecule has 4 aliphatic rings. The van der Waals surface area contributed by atoms with Crippen molar-refractivity contribution in [3.63, 3.8) is 0 Å². The highest BCUT2D eigenvalue weighted by atomic mass is 127. The third-order valence-electron chi connectivity index (χ3n) is 19.7. The van der Waals surface area contributed by atoms with Crippen molar-refractivity contribution in [2.75, 3.05) is 31.1 Å². The Morgan fingerprint density at radius 1 is 0.441 bits per heavy atom. The van der Waals surface area contributed by atoms with Crippen LogP contribution < -0.4 is 31.9 Å². The molecule has 2 saturated heterocycles. The number of fused-ring (bicyclic) bond motifs is 6. The molecule has 4 aromatic carbocycles. The van der Waals surface area contributed by atoms with Gasteiger partial charge < -0.3 is 37.0 Å². The number of aromatic carboxylic acids is 1. The minimum atomic E-state index is -0.985. The van der Waals surface area contributed by atoms with E-state index >= 15 is 0 Å². The smallest absolute Gasteiger partial charge is 0.354 e. The van der Waals surface area contributed by atoms with Crippen molar-refractivity contribution in [1.29, 1.82) is 0 Å². The highest BCUT2D eigenvalue weighted by Gasteiger charge is 2.41. The van der Waals surface area contributed by atoms with E-state index in [-0.39, 0.29) is 30.8 Å². The van der Waals surface area contributed by atoms with Crippen LogP contribution in [0, 0.1) is 34.4 Å². The fourth-order valence-corrected chi connectivity index (χ4v) is 15.9. The van der Waals surface area contributed by atoms with Crippen molar-refractivity contribution < 1.29 is 33.1 Å². The second kappa shape index (κ2) is 40.5. The van der Waals surface area contributed by atoms with Crippen molar-refractivity contribution in [2.24, 2.45) is 29.4 Å². The van der Waals surface area contributed by atoms with E-state index < -0.39 is 18.3 Å². The number of nitrogens with zero attached hydrogens (tertiary/aromatic N) is 9. The van der Waals surface area contributed by atoms with Gasteiger partial charge in [0.05, 0.1) is 42.9 Å². The number of anilines is 1. The van der Waals surface area contributed by atoms with Gasteiger partial charge in [-0.1, -0.05) is 130 Å². The Balaban J connectivity index is 0.000000148. The SMILES string of the molecule is C.CCc1nc2ccc(Cl)cn2c1C(=O)NCc1ccc(I)cc1.CCc1nc2ccc(Cl)cn2c1C(=O)NCc1ccc(I)cc1.CCc1nc2ccc(Cl)cn2c1C(=O)NCc1ccc(N2CC3CC(F)CC3C2)cc1.CCc1nc2ccc(Cl)cn2c1C(=O)O.FC1CC2CNCC2C1.NCc1ccc(I)cc1. The zero-order chi connectivity index (χ0) is 78.3. The van der Waals surface area contributed by atoms with Crippen molar-refractivity contribution >= 4 is 166 Å². The van der Waals surface area contributed by atoms with Crippen molar-refractivity contribution in [2.45, 2.75) is 125 Å². The van der Waals surface area contributed by atoms with E-state index in [9.17, 15) is 28.0 Å². The molecule has 12 aromatic rings. The Bertz CT molecular complexity index is 5010. The molecule has 0 bridgehead atoms. The van der Waals surface area contributed by atoms with Crippen LogP contribution in [0.2, 0.25) is 20.1 Å². The van der Waals surface area contributed by atoms with Gasteiger partial charge in [-0.25, -0.2) is 33.5 Å². The number of imidazole rings is 4. The average molecular weight is 1920 g/mol. The van der Waals surface area contributed by atoms with Gasteiger partial charge in [0.2, 0.25) is 0 Å². The number of hydrogen-bond donors (Lipinski definition) is 6. The van der Waals surface area contributed by atoms with Crippen molar-refractivity contribution in [3.05, 3.63) is 269 Å². The lowest BCUT2D eigenvalue weighted by molar-refractivity contribution is 0.0687. The van der Waals surface area contributed by atoms with Crippen LogP contribution in [0.5, 0.6) is 0 Å². The molecule has 4 unspecified atom stereocenters. The zero-order valence-corrected chi connectivity index (χ0v) is 70.5. The Morgan fingerprint density at radius 2 is 0.721 bits per heavy atom. The van der Waals surface area contributed by atoms with Gasteiger partial charge in [0.25, 0.3) is 17.7 Å². The van der Waals surface area contributed by atoms with Gasteiger partial charge in [-0.3, -0.25) is 32.0 Å². The molecular weight excluding hydrogens is 1830 g/mol. The summed E-state index contributed by atoms with van der Waals surface area (Å²) < 4.78 is 36.5. The number of carboxylic acid groups (broad SMARTS) is 1. The fourth-order valence-electron chi connectivity index (χ4n) is 14.2. The fraction of sp³-hybridized carbons (Fsp3) is 0.325. The number of alkyl halides is 2. The maximum absolute atomic E-state index is 13.6. The number of carbonyl (C=O) groups is 4. The highest BCUT2D eigenvalue weighted by Crippen LogP contribution is 2.41. The number of hydrogen-bond acceptors (Lipinski definition) is 11. The maximum atomic E-state index is 13.6. The molecule has 111 heavy (non-hydrogen) atoms. The van der Waals surface area contributed by atoms with Gasteiger partial charge in [0.1, 0.15) is 52.0 Å². The summed E-state index contributed by atoms with van der Waals surface area (Å²) >= 11 is 30.8. The summed E-state index contributed by atoms with van der Waals surface area (Å²) in [6.07, 6.45) is 11.3. The summed E-state index contributed by atoms with van der Waals surface area (Å²) in [6, 6.07) is 46.8. The molecule has 2 aliphatic heterocycles. The van der Waals surface area contributed by atoms with E-state index in [1.54, 1.807) is 68.3 Å². The standard InChI is InChI=1S/C24H26ClFN4O.2C17H15ClIN3O.C10H9ClN2O2.C7H12FN.C7H8IN.CH4/c1-2-21-23(30-14-18(25)5-8-22(30)28-21)24(31)27-11-15-3-6-20(7-4-15)29-12-16-9-19(26)10-17(16)13-29;2*1-2-14-16(22-10-12(18)5-8-15(22)21-14)17(23)20-9-11-3-6-13(19)7-4-11;1-2-7-9(10(14)15)13-5-6(11)3-4-8(13)12-7;8-7-1-5-3-9-4-6(5)2-7;8-7-3-1-6(5-9)2-4-7;/h3-8,14,16-17,19H,2,9-13H2,1H3,(H,27,31);2*3-8,10H,2,9H2,1H3,(H,20,23);3-5H,2H2,1H3,(H,14,15);5-7,9H,1-4H2;1-4H,5,9H2;1H4. The highest BCUT2D eigenvalue weighted by molar-refractivity contribution is 14.1. The second-order valence-electron chi connectivity index (χ2n) is 27.2. The summed E-state index contributed by atoms with van der Waals surface area (Å²) in [5, 5.41) is 23.5. The van der Waals surface area contributed by atoms with Gasteiger partial charge in [0, 0.05) is 80.5 Å². The van der Waals surface area contributed by atoms with Gasteiger partial charge in [-0.05, 0) is 275 Å². The zero-order valence-electron chi connectivity index (χ0n) is 61.0. The number of benzene rings is 4. The average Bonchev–Trinajstić information content (AvgIpc) is 1.65. The molecule has 16 rings (SSSR count). The lowest BCUT2D eigenvalue weighted by Crippen LogP contribution is -2.25. The molecule has 3 amide bonds. The van der Waals surface area contributed by atoms with E-state index in [4.69, 9.17) is 57.2 Å². The number of aryl methyl sites for hydroxylation is 4. The molecule has 7 N–H and O–H groups in total. The van der Waals surface area contributed by atoms with E-state index in [0.717, 1.165) is 84.1 Å². The largest absolute Gasteiger partial charge is 0.477 e. The van der Waals surface area contributed by atoms with E-state index in [1.807, 2.05) is 119 Å². The molecule has 584 valence electrons. The number of aromatic nitrogens is 8. The van der Waals surface area contributed by atoms with Crippen LogP contribution in [-0.2, 0) is 51.9 Å². The predicted octanol–water partition coefficient (Wildman–Crippen LogP) is 18.4. The molecule has 2 aliphatic carbocycles. The number of nitrogens with two attached hydrogens (primary N) is 1. The first-order chi connectivity index (χ1) is 53.0. The lowest BCUT2D eigenvalue weighted by atomic mass is 10.0. The minimum absolute atomic E-state index is 0. The monoisotopic (exact) mass is 1920 g/mol. The minimum Gasteiger partial charge on any atom is -0.477 e. The first kappa shape index (κ1) is 85.9. The molecule has 0 spiro atoms. The Labute approximate surface area is 706 Å². The summed E-state index contributed by atoms with van der Waals surface area (Å²) in [5.41, 5.74) is 18.4. The molecule has 19 nitrogen and oxygen atoms in total. The third kappa shape index (κ3) is 22.3. The van der Waals surface area contributed by atoms with Crippen LogP contribution in [-0.4, -0.2) is 105 Å². The summed E-state index contributed by atoms with van der Waals surface area (Å²) in [5.74, 6) is 0.872. The van der Waals surface area contributed by atoms with Crippen LogP contribution in [0.3, 0.4) is 0 Å². The van der Waals surface area contributed by atoms with Crippen LogP contribution in [0.15, 0.2) is 170 Å². The number of amides is 3. The summed E-state index contributed by atoms with van der Waals surface area (Å²) in [4.78, 5) is 69.4. The van der Waals surface area contributed by atoms with Crippen LogP contribution >= 0.6 is 114 Å². The van der Waals surface area contributed by atoms with Crippen molar-refractivity contribution in [3.8, 4) is 0 Å². The van der Waals surface area contributed by atoms with Gasteiger partial charge in [-0.2, -0.15) is 0 Å². The molecule has 0 radical (unpaired) electrons. The lowest BCUT2D eigenvalue weighted by Gasteiger charge is -2.20. The number of carboxylic acids is 1. The molecule has 10 heterocycles. The molecule has 8 aromatic heterocycles. The van der Waals surface area contributed by atoms with E-state index in [1.165, 1.54) is 26.4 Å². The quantitative estimate of drug-likeness (QED) is 0.0496. The van der Waals surface area contributed by atoms with Crippen LogP contribution in [0.1, 0.15) is 148 Å². The molecular formula is C83H89Cl4F2I3N14O5. The number of nitrogens with one attached hydrogen (secondary N) is 4. The number of halogens is 9. The van der Waals surface area contributed by atoms with Crippen LogP contribution in [0.25, 0.3) is 22.6 Å². The molecule has 4 fully saturated rings. The Kier molecular flexibility index (Phi) is 31.3. The molecule has 4 atom stereocenters. The Hall–Kier alpha value is -7.55. The normalized spacial score (nSPS) is 17.2. The number of pyridine rings is 4. The van der Waals surface area contributed by atoms with Crippen molar-refractivity contribution in [1.82, 2.24) is 58.8 Å². The second-order valence-corrected chi connectivity index (χ2v) is 32.7. The summed E-state index contributed by atoms with van der Waals surface area (Å²) in [7, 11) is 0. The number of rotatable bonds is 16. The van der Waals surface area contributed by atoms with E-state index in [0.29, 0.717) is 143 Å². The topological polar surface area (TPSA) is 235 Å². The third-order valence-corrected chi connectivity index (χ3v) is 22.8. The van der Waals surface area contributed by atoms with Gasteiger partial charge in [-0.15, -0.1) is 0 Å². The van der Waals surface area contributed by atoms with Crippen LogP contribution in [0.4, 0.5) is 14.5 Å². The first-order valence-corrected chi connectivity index (χ1v) is 41.2. The Morgan fingerprint density at radius 3 is 1.02 bits per heavy atom. The molecule has 28 heteroatoms. The summed E-state index contributed by atoms with van der Waals surface area (Å²) in [6.45, 7) is 13.9. The molecule has 2 saturated carbocycles. The predicted molar refractivity (Wildman–Crippen MR) is 465 cm³/mol. The number of carbonyl (C=O) groups excluding carboxylic acids is 3. The van der Waals surface area contributed by atoms with Gasteiger partial charge in [0.15, 0.2) is 5.69 Å². The van der Waals surface area contributed by atoms with E-state index in [2.05, 4.69) is 138 Å². The first-order valence-electron chi connectivity index (χ1n) is 36.5.